The van der Waals surface area contributed by atoms with Crippen LogP contribution in [0.5, 0.6) is 0 Å². The standard InChI is InChI=1S/C14H19N3/c1-4-12-6-5-11(2)16-13(12)17-8-7-14(3,9-15)10-17/h5-6H,4,7-8,10H2,1-3H3. The zero-order valence-corrected chi connectivity index (χ0v) is 10.8. The van der Waals surface area contributed by atoms with Crippen molar-refractivity contribution in [2.75, 3.05) is 18.0 Å². The first kappa shape index (κ1) is 11.9. The van der Waals surface area contributed by atoms with Gasteiger partial charge in [-0.25, -0.2) is 4.98 Å². The lowest BCUT2D eigenvalue weighted by molar-refractivity contribution is 0.502. The normalized spacial score (nSPS) is 23.8. The average molecular weight is 229 g/mol. The molecule has 1 atom stereocenters. The van der Waals surface area contributed by atoms with Crippen molar-refractivity contribution in [3.63, 3.8) is 0 Å². The molecule has 0 spiro atoms. The van der Waals surface area contributed by atoms with E-state index >= 15 is 0 Å². The predicted molar refractivity (Wildman–Crippen MR) is 68.9 cm³/mol. The van der Waals surface area contributed by atoms with Crippen LogP contribution in [0, 0.1) is 23.7 Å². The van der Waals surface area contributed by atoms with Crippen molar-refractivity contribution in [3.05, 3.63) is 23.4 Å². The molecule has 0 radical (unpaired) electrons. The molecule has 0 bridgehead atoms. The number of nitriles is 1. The second-order valence-corrected chi connectivity index (χ2v) is 5.13. The molecule has 1 aliphatic heterocycles. The van der Waals surface area contributed by atoms with Crippen LogP contribution < -0.4 is 4.90 Å². The summed E-state index contributed by atoms with van der Waals surface area (Å²) in [5.41, 5.74) is 2.11. The van der Waals surface area contributed by atoms with Gasteiger partial charge in [-0.05, 0) is 38.3 Å². The largest absolute Gasteiger partial charge is 0.355 e. The highest BCUT2D eigenvalue weighted by atomic mass is 15.2. The van der Waals surface area contributed by atoms with Crippen LogP contribution in [0.3, 0.4) is 0 Å². The third kappa shape index (κ3) is 2.26. The average Bonchev–Trinajstić information content (AvgIpc) is 2.73. The van der Waals surface area contributed by atoms with E-state index in [1.54, 1.807) is 0 Å². The van der Waals surface area contributed by atoms with E-state index in [1.165, 1.54) is 5.56 Å². The molecule has 1 fully saturated rings. The van der Waals surface area contributed by atoms with Crippen molar-refractivity contribution in [1.29, 1.82) is 5.26 Å². The number of anilines is 1. The molecule has 1 unspecified atom stereocenters. The first-order valence-electron chi connectivity index (χ1n) is 6.21. The van der Waals surface area contributed by atoms with Crippen molar-refractivity contribution >= 4 is 5.82 Å². The maximum atomic E-state index is 9.17. The Morgan fingerprint density at radius 3 is 2.88 bits per heavy atom. The van der Waals surface area contributed by atoms with Gasteiger partial charge < -0.3 is 4.90 Å². The summed E-state index contributed by atoms with van der Waals surface area (Å²) in [6, 6.07) is 6.63. The number of aryl methyl sites for hydroxylation is 2. The maximum absolute atomic E-state index is 9.17. The maximum Gasteiger partial charge on any atom is 0.132 e. The Labute approximate surface area is 103 Å². The van der Waals surface area contributed by atoms with Gasteiger partial charge in [-0.15, -0.1) is 0 Å². The quantitative estimate of drug-likeness (QED) is 0.782. The van der Waals surface area contributed by atoms with Gasteiger partial charge >= 0.3 is 0 Å². The lowest BCUT2D eigenvalue weighted by atomic mass is 9.92. The Hall–Kier alpha value is -1.56. The molecule has 1 aromatic heterocycles. The summed E-state index contributed by atoms with van der Waals surface area (Å²) < 4.78 is 0. The van der Waals surface area contributed by atoms with Crippen LogP contribution in [0.25, 0.3) is 0 Å². The van der Waals surface area contributed by atoms with E-state index in [4.69, 9.17) is 0 Å². The third-order valence-corrected chi connectivity index (χ3v) is 3.52. The fourth-order valence-electron chi connectivity index (χ4n) is 2.35. The lowest BCUT2D eigenvalue weighted by Gasteiger charge is -2.22. The topological polar surface area (TPSA) is 39.9 Å². The van der Waals surface area contributed by atoms with Crippen LogP contribution in [0.1, 0.15) is 31.5 Å². The van der Waals surface area contributed by atoms with Gasteiger partial charge in [0, 0.05) is 18.8 Å². The summed E-state index contributed by atoms with van der Waals surface area (Å²) in [6.45, 7) is 7.94. The highest BCUT2D eigenvalue weighted by Gasteiger charge is 2.35. The van der Waals surface area contributed by atoms with Crippen LogP contribution in [-0.2, 0) is 6.42 Å². The molecule has 2 heterocycles. The molecule has 17 heavy (non-hydrogen) atoms. The van der Waals surface area contributed by atoms with E-state index < -0.39 is 0 Å². The fourth-order valence-corrected chi connectivity index (χ4v) is 2.35. The number of rotatable bonds is 2. The molecule has 0 saturated carbocycles. The summed E-state index contributed by atoms with van der Waals surface area (Å²) in [7, 11) is 0. The van der Waals surface area contributed by atoms with Crippen LogP contribution in [-0.4, -0.2) is 18.1 Å². The number of aromatic nitrogens is 1. The van der Waals surface area contributed by atoms with Crippen molar-refractivity contribution in [2.24, 2.45) is 5.41 Å². The van der Waals surface area contributed by atoms with E-state index in [0.717, 1.165) is 37.4 Å². The zero-order chi connectivity index (χ0) is 12.5. The summed E-state index contributed by atoms with van der Waals surface area (Å²) in [6.07, 6.45) is 1.92. The summed E-state index contributed by atoms with van der Waals surface area (Å²) in [4.78, 5) is 6.90. The van der Waals surface area contributed by atoms with Gasteiger partial charge in [-0.3, -0.25) is 0 Å². The molecular weight excluding hydrogens is 210 g/mol. The Kier molecular flexibility index (Phi) is 3.06. The number of hydrogen-bond donors (Lipinski definition) is 0. The molecule has 0 aliphatic carbocycles. The first-order valence-corrected chi connectivity index (χ1v) is 6.21. The monoisotopic (exact) mass is 229 g/mol. The van der Waals surface area contributed by atoms with Crippen LogP contribution in [0.2, 0.25) is 0 Å². The third-order valence-electron chi connectivity index (χ3n) is 3.52. The van der Waals surface area contributed by atoms with Gasteiger partial charge in [0.1, 0.15) is 5.82 Å². The molecule has 0 N–H and O–H groups in total. The summed E-state index contributed by atoms with van der Waals surface area (Å²) >= 11 is 0. The van der Waals surface area contributed by atoms with Gasteiger partial charge in [0.05, 0.1) is 11.5 Å². The Morgan fingerprint density at radius 2 is 2.29 bits per heavy atom. The first-order chi connectivity index (χ1) is 8.08. The van der Waals surface area contributed by atoms with Crippen molar-refractivity contribution in [2.45, 2.75) is 33.6 Å². The van der Waals surface area contributed by atoms with E-state index in [-0.39, 0.29) is 5.41 Å². The minimum atomic E-state index is -0.212. The lowest BCUT2D eigenvalue weighted by Crippen LogP contribution is -2.25. The van der Waals surface area contributed by atoms with E-state index in [0.29, 0.717) is 0 Å². The number of nitrogens with zero attached hydrogens (tertiary/aromatic N) is 3. The van der Waals surface area contributed by atoms with Crippen LogP contribution in [0.15, 0.2) is 12.1 Å². The van der Waals surface area contributed by atoms with Gasteiger partial charge in [0.15, 0.2) is 0 Å². The van der Waals surface area contributed by atoms with Crippen LogP contribution in [0.4, 0.5) is 5.82 Å². The summed E-state index contributed by atoms with van der Waals surface area (Å²) in [5.74, 6) is 1.08. The summed E-state index contributed by atoms with van der Waals surface area (Å²) in [5, 5.41) is 9.17. The van der Waals surface area contributed by atoms with E-state index in [9.17, 15) is 5.26 Å². The molecule has 3 heteroatoms. The smallest absolute Gasteiger partial charge is 0.132 e. The molecule has 0 amide bonds. The minimum Gasteiger partial charge on any atom is -0.355 e. The van der Waals surface area contributed by atoms with Gasteiger partial charge in [0.2, 0.25) is 0 Å². The molecular formula is C14H19N3. The Bertz CT molecular complexity index is 461. The highest BCUT2D eigenvalue weighted by molar-refractivity contribution is 5.49. The van der Waals surface area contributed by atoms with Gasteiger partial charge in [0.25, 0.3) is 0 Å². The minimum absolute atomic E-state index is 0.212. The molecule has 1 aromatic rings. The molecule has 1 aliphatic rings. The Morgan fingerprint density at radius 1 is 1.53 bits per heavy atom. The molecule has 90 valence electrons. The SMILES string of the molecule is CCc1ccc(C)nc1N1CCC(C)(C#N)C1. The zero-order valence-electron chi connectivity index (χ0n) is 10.8. The second-order valence-electron chi connectivity index (χ2n) is 5.13. The number of hydrogen-bond acceptors (Lipinski definition) is 3. The Balaban J connectivity index is 2.30. The van der Waals surface area contributed by atoms with Crippen LogP contribution >= 0.6 is 0 Å². The van der Waals surface area contributed by atoms with E-state index in [2.05, 4.69) is 35.0 Å². The van der Waals surface area contributed by atoms with Crippen molar-refractivity contribution in [1.82, 2.24) is 4.98 Å². The van der Waals surface area contributed by atoms with Gasteiger partial charge in [-0.1, -0.05) is 13.0 Å². The molecule has 2 rings (SSSR count). The van der Waals surface area contributed by atoms with Crippen molar-refractivity contribution in [3.8, 4) is 6.07 Å². The van der Waals surface area contributed by atoms with E-state index in [1.807, 2.05) is 13.8 Å². The van der Waals surface area contributed by atoms with Crippen molar-refractivity contribution < 1.29 is 0 Å². The molecule has 1 saturated heterocycles. The highest BCUT2D eigenvalue weighted by Crippen LogP contribution is 2.33. The second kappa shape index (κ2) is 4.37. The molecule has 0 aromatic carbocycles. The van der Waals surface area contributed by atoms with Gasteiger partial charge in [-0.2, -0.15) is 5.26 Å². The number of pyridine rings is 1. The fraction of sp³-hybridized carbons (Fsp3) is 0.571. The predicted octanol–water partition coefficient (Wildman–Crippen LogP) is 2.69. The molecule has 3 nitrogen and oxygen atoms in total.